The minimum Gasteiger partial charge on any atom is -0.389 e. The predicted molar refractivity (Wildman–Crippen MR) is 54.6 cm³/mol. The highest BCUT2D eigenvalue weighted by molar-refractivity contribution is 5.96. The van der Waals surface area contributed by atoms with Gasteiger partial charge in [-0.1, -0.05) is 13.0 Å². The van der Waals surface area contributed by atoms with Gasteiger partial charge in [0.25, 0.3) is 0 Å². The molecule has 3 nitrogen and oxygen atoms in total. The number of hydrogen-bond donors (Lipinski definition) is 0. The molecule has 0 aromatic carbocycles. The molecule has 0 fully saturated rings. The third-order valence-electron chi connectivity index (χ3n) is 1.63. The minimum atomic E-state index is -0.637. The molecule has 0 unspecified atom stereocenters. The van der Waals surface area contributed by atoms with E-state index in [2.05, 4.69) is 4.74 Å². The van der Waals surface area contributed by atoms with Crippen LogP contribution in [0.3, 0.4) is 0 Å². The van der Waals surface area contributed by atoms with E-state index in [0.717, 1.165) is 6.42 Å². The topological polar surface area (TPSA) is 43.4 Å². The largest absolute Gasteiger partial charge is 0.389 e. The molecular formula is C11H18O3. The Morgan fingerprint density at radius 1 is 1.29 bits per heavy atom. The smallest absolute Gasteiger partial charge is 0.341 e. The first-order valence-electron chi connectivity index (χ1n) is 4.72. The molecule has 0 atom stereocenters. The summed E-state index contributed by atoms with van der Waals surface area (Å²) in [6.45, 7) is 8.69. The second-order valence-electron chi connectivity index (χ2n) is 4.22. The lowest BCUT2D eigenvalue weighted by Crippen LogP contribution is -2.26. The van der Waals surface area contributed by atoms with Crippen molar-refractivity contribution in [1.82, 2.24) is 0 Å². The second-order valence-corrected chi connectivity index (χ2v) is 4.22. The van der Waals surface area contributed by atoms with Crippen molar-refractivity contribution < 1.29 is 14.3 Å². The lowest BCUT2D eigenvalue weighted by Gasteiger charge is -2.15. The average Bonchev–Trinajstić information content (AvgIpc) is 2.02. The van der Waals surface area contributed by atoms with Crippen molar-refractivity contribution in [2.24, 2.45) is 5.41 Å². The first-order chi connectivity index (χ1) is 6.29. The number of esters is 2. The van der Waals surface area contributed by atoms with Crippen LogP contribution in [0.5, 0.6) is 0 Å². The fourth-order valence-electron chi connectivity index (χ4n) is 0.707. The molecule has 0 amide bonds. The summed E-state index contributed by atoms with van der Waals surface area (Å²) in [4.78, 5) is 22.6. The molecule has 0 radical (unpaired) electrons. The van der Waals surface area contributed by atoms with E-state index in [-0.39, 0.29) is 0 Å². The zero-order valence-corrected chi connectivity index (χ0v) is 9.51. The van der Waals surface area contributed by atoms with Crippen molar-refractivity contribution in [3.05, 3.63) is 11.6 Å². The van der Waals surface area contributed by atoms with Crippen molar-refractivity contribution in [3.63, 3.8) is 0 Å². The molecule has 0 saturated heterocycles. The maximum absolute atomic E-state index is 11.3. The zero-order valence-electron chi connectivity index (χ0n) is 9.51. The average molecular weight is 198 g/mol. The van der Waals surface area contributed by atoms with E-state index in [9.17, 15) is 9.59 Å². The lowest BCUT2D eigenvalue weighted by atomic mass is 9.97. The Bertz CT molecular complexity index is 256. The molecule has 0 aliphatic carbocycles. The van der Waals surface area contributed by atoms with Gasteiger partial charge in [-0.2, -0.15) is 0 Å². The summed E-state index contributed by atoms with van der Waals surface area (Å²) in [5, 5.41) is 0. The summed E-state index contributed by atoms with van der Waals surface area (Å²) >= 11 is 0. The Balaban J connectivity index is 4.35. The van der Waals surface area contributed by atoms with Crippen LogP contribution in [0.25, 0.3) is 0 Å². The molecular weight excluding hydrogens is 180 g/mol. The number of carbonyl (C=O) groups is 2. The van der Waals surface area contributed by atoms with Crippen molar-refractivity contribution >= 4 is 11.9 Å². The Morgan fingerprint density at radius 3 is 2.14 bits per heavy atom. The van der Waals surface area contributed by atoms with Crippen LogP contribution in [0.1, 0.15) is 41.0 Å². The number of ether oxygens (including phenoxy) is 1. The molecule has 0 heterocycles. The van der Waals surface area contributed by atoms with Crippen molar-refractivity contribution in [2.75, 3.05) is 0 Å². The zero-order chi connectivity index (χ0) is 11.4. The molecule has 0 aliphatic rings. The van der Waals surface area contributed by atoms with Gasteiger partial charge in [-0.05, 0) is 34.1 Å². The summed E-state index contributed by atoms with van der Waals surface area (Å²) in [7, 11) is 0. The van der Waals surface area contributed by atoms with Gasteiger partial charge < -0.3 is 4.74 Å². The first kappa shape index (κ1) is 12.9. The highest BCUT2D eigenvalue weighted by Crippen LogP contribution is 2.16. The highest BCUT2D eigenvalue weighted by atomic mass is 16.6. The molecule has 0 saturated carbocycles. The maximum Gasteiger partial charge on any atom is 0.341 e. The van der Waals surface area contributed by atoms with Crippen molar-refractivity contribution in [2.45, 2.75) is 41.0 Å². The SMILES string of the molecule is CC/C=C(\C)C(=O)OC(=O)C(C)(C)C. The van der Waals surface area contributed by atoms with Crippen LogP contribution in [0.15, 0.2) is 11.6 Å². The quantitative estimate of drug-likeness (QED) is 0.389. The third kappa shape index (κ3) is 4.21. The monoisotopic (exact) mass is 198 g/mol. The molecule has 0 aromatic rings. The van der Waals surface area contributed by atoms with Gasteiger partial charge in [-0.15, -0.1) is 0 Å². The van der Waals surface area contributed by atoms with E-state index < -0.39 is 17.4 Å². The third-order valence-corrected chi connectivity index (χ3v) is 1.63. The van der Waals surface area contributed by atoms with Gasteiger partial charge in [0, 0.05) is 5.57 Å². The van der Waals surface area contributed by atoms with E-state index in [1.54, 1.807) is 33.8 Å². The van der Waals surface area contributed by atoms with E-state index >= 15 is 0 Å². The fourth-order valence-corrected chi connectivity index (χ4v) is 0.707. The van der Waals surface area contributed by atoms with Crippen LogP contribution in [0.4, 0.5) is 0 Å². The number of hydrogen-bond acceptors (Lipinski definition) is 3. The Hall–Kier alpha value is -1.12. The van der Waals surface area contributed by atoms with Crippen LogP contribution in [0, 0.1) is 5.41 Å². The molecule has 0 bridgehead atoms. The summed E-state index contributed by atoms with van der Waals surface area (Å²) in [6, 6.07) is 0. The van der Waals surface area contributed by atoms with Gasteiger partial charge in [-0.3, -0.25) is 4.79 Å². The van der Waals surface area contributed by atoms with Crippen LogP contribution in [-0.2, 0) is 14.3 Å². The fraction of sp³-hybridized carbons (Fsp3) is 0.636. The van der Waals surface area contributed by atoms with E-state index in [1.165, 1.54) is 0 Å². The summed E-state index contributed by atoms with van der Waals surface area (Å²) in [6.07, 6.45) is 2.49. The lowest BCUT2D eigenvalue weighted by molar-refractivity contribution is -0.163. The van der Waals surface area contributed by atoms with Crippen LogP contribution in [-0.4, -0.2) is 11.9 Å². The number of carbonyl (C=O) groups excluding carboxylic acids is 2. The van der Waals surface area contributed by atoms with Gasteiger partial charge in [0.2, 0.25) is 0 Å². The molecule has 0 N–H and O–H groups in total. The number of rotatable bonds is 2. The molecule has 3 heteroatoms. The molecule has 14 heavy (non-hydrogen) atoms. The number of allylic oxidation sites excluding steroid dienone is 1. The normalized spacial score (nSPS) is 12.5. The van der Waals surface area contributed by atoms with Gasteiger partial charge in [0.1, 0.15) is 0 Å². The van der Waals surface area contributed by atoms with E-state index in [4.69, 9.17) is 0 Å². The molecule has 0 aromatic heterocycles. The van der Waals surface area contributed by atoms with E-state index in [0.29, 0.717) is 5.57 Å². The Labute approximate surface area is 85.1 Å². The molecule has 0 spiro atoms. The van der Waals surface area contributed by atoms with Gasteiger partial charge in [0.05, 0.1) is 5.41 Å². The predicted octanol–water partition coefficient (Wildman–Crippen LogP) is 2.46. The molecule has 0 rings (SSSR count). The van der Waals surface area contributed by atoms with Crippen LogP contribution < -0.4 is 0 Å². The maximum atomic E-state index is 11.3. The van der Waals surface area contributed by atoms with Crippen molar-refractivity contribution in [3.8, 4) is 0 Å². The standard InChI is InChI=1S/C11H18O3/c1-6-7-8(2)9(12)14-10(13)11(3,4)5/h7H,6H2,1-5H3/b8-7+. The molecule has 0 aliphatic heterocycles. The van der Waals surface area contributed by atoms with E-state index in [1.807, 2.05) is 6.92 Å². The first-order valence-corrected chi connectivity index (χ1v) is 4.72. The Kier molecular flexibility index (Phi) is 4.54. The summed E-state index contributed by atoms with van der Waals surface area (Å²) in [5.74, 6) is -1.04. The molecule has 80 valence electrons. The van der Waals surface area contributed by atoms with Gasteiger partial charge in [-0.25, -0.2) is 4.79 Å². The minimum absolute atomic E-state index is 0.477. The Morgan fingerprint density at radius 2 is 1.79 bits per heavy atom. The van der Waals surface area contributed by atoms with Gasteiger partial charge >= 0.3 is 11.9 Å². The second kappa shape index (κ2) is 4.94. The van der Waals surface area contributed by atoms with Crippen molar-refractivity contribution in [1.29, 1.82) is 0 Å². The van der Waals surface area contributed by atoms with Crippen LogP contribution >= 0.6 is 0 Å². The van der Waals surface area contributed by atoms with Crippen LogP contribution in [0.2, 0.25) is 0 Å². The summed E-state index contributed by atoms with van der Waals surface area (Å²) < 4.78 is 4.68. The highest BCUT2D eigenvalue weighted by Gasteiger charge is 2.25. The van der Waals surface area contributed by atoms with Gasteiger partial charge in [0.15, 0.2) is 0 Å². The summed E-state index contributed by atoms with van der Waals surface area (Å²) in [5.41, 5.74) is -0.160.